The highest BCUT2D eigenvalue weighted by atomic mass is 16.3. The van der Waals surface area contributed by atoms with Gasteiger partial charge in [0, 0.05) is 18.4 Å². The van der Waals surface area contributed by atoms with Crippen molar-refractivity contribution < 1.29 is 23.6 Å². The van der Waals surface area contributed by atoms with Crippen molar-refractivity contribution in [2.75, 3.05) is 30.4 Å². The first-order valence-electron chi connectivity index (χ1n) is 8.73. The van der Waals surface area contributed by atoms with Crippen LogP contribution < -0.4 is 21.3 Å². The molecule has 1 aromatic heterocycles. The van der Waals surface area contributed by atoms with Crippen molar-refractivity contribution in [3.05, 3.63) is 42.1 Å². The van der Waals surface area contributed by atoms with Crippen LogP contribution >= 0.6 is 0 Å². The number of benzene rings is 1. The first-order chi connectivity index (χ1) is 13.8. The van der Waals surface area contributed by atoms with Gasteiger partial charge in [0.15, 0.2) is 5.69 Å². The molecular formula is C18H20N6O5. The molecule has 3 rings (SSSR count). The molecule has 1 atom stereocenters. The number of carbonyl (C=O) groups excluding carboxylic acids is 4. The molecule has 0 spiro atoms. The molecule has 0 radical (unpaired) electrons. The van der Waals surface area contributed by atoms with Crippen LogP contribution in [0.1, 0.15) is 29.3 Å². The maximum Gasteiger partial charge on any atom is 0.331 e. The third-order valence-electron chi connectivity index (χ3n) is 4.20. The van der Waals surface area contributed by atoms with E-state index in [1.54, 1.807) is 31.2 Å². The number of anilines is 2. The summed E-state index contributed by atoms with van der Waals surface area (Å²) in [5, 5.41) is 5.05. The molecule has 1 aromatic carbocycles. The van der Waals surface area contributed by atoms with Crippen molar-refractivity contribution in [1.29, 1.82) is 0 Å². The van der Waals surface area contributed by atoms with E-state index in [1.807, 2.05) is 0 Å². The SMILES string of the molecule is C[C@H](N)c1nc(C(=O)NCC(=O)Nc2ccc(N3CC(=O)N(C)C3=O)cc2)co1. The number of imide groups is 1. The Kier molecular flexibility index (Phi) is 5.59. The molecule has 5 amide bonds. The zero-order chi connectivity index (χ0) is 21.1. The largest absolute Gasteiger partial charge is 0.446 e. The highest BCUT2D eigenvalue weighted by Gasteiger charge is 2.33. The Hall–Kier alpha value is -3.73. The summed E-state index contributed by atoms with van der Waals surface area (Å²) in [5.74, 6) is -1.08. The van der Waals surface area contributed by atoms with Gasteiger partial charge in [0.1, 0.15) is 12.8 Å². The number of urea groups is 1. The molecule has 1 aliphatic rings. The molecule has 1 fully saturated rings. The molecule has 0 bridgehead atoms. The molecular weight excluding hydrogens is 380 g/mol. The van der Waals surface area contributed by atoms with E-state index in [2.05, 4.69) is 15.6 Å². The predicted molar refractivity (Wildman–Crippen MR) is 102 cm³/mol. The number of hydrogen-bond acceptors (Lipinski definition) is 7. The second-order valence-corrected chi connectivity index (χ2v) is 6.46. The number of nitrogens with two attached hydrogens (primary N) is 1. The van der Waals surface area contributed by atoms with Gasteiger partial charge in [-0.15, -0.1) is 0 Å². The van der Waals surface area contributed by atoms with Crippen LogP contribution in [0.25, 0.3) is 0 Å². The summed E-state index contributed by atoms with van der Waals surface area (Å²) < 4.78 is 5.07. The molecule has 11 nitrogen and oxygen atoms in total. The summed E-state index contributed by atoms with van der Waals surface area (Å²) in [4.78, 5) is 53.9. The topological polar surface area (TPSA) is 151 Å². The van der Waals surface area contributed by atoms with Gasteiger partial charge < -0.3 is 20.8 Å². The van der Waals surface area contributed by atoms with Crippen LogP contribution in [-0.2, 0) is 9.59 Å². The molecule has 2 heterocycles. The minimum Gasteiger partial charge on any atom is -0.446 e. The second-order valence-electron chi connectivity index (χ2n) is 6.46. The van der Waals surface area contributed by atoms with Crippen LogP contribution in [0.15, 0.2) is 34.9 Å². The van der Waals surface area contributed by atoms with Crippen molar-refractivity contribution in [3.8, 4) is 0 Å². The Bertz CT molecular complexity index is 952. The third kappa shape index (κ3) is 4.41. The second kappa shape index (κ2) is 8.10. The lowest BCUT2D eigenvalue weighted by Crippen LogP contribution is -2.33. The first-order valence-corrected chi connectivity index (χ1v) is 8.73. The maximum absolute atomic E-state index is 12.0. The Morgan fingerprint density at radius 2 is 1.97 bits per heavy atom. The Morgan fingerprint density at radius 1 is 1.28 bits per heavy atom. The van der Waals surface area contributed by atoms with E-state index in [9.17, 15) is 19.2 Å². The van der Waals surface area contributed by atoms with E-state index in [-0.39, 0.29) is 30.6 Å². The number of amides is 5. The van der Waals surface area contributed by atoms with Crippen molar-refractivity contribution in [2.45, 2.75) is 13.0 Å². The summed E-state index contributed by atoms with van der Waals surface area (Å²) >= 11 is 0. The molecule has 11 heteroatoms. The number of aromatic nitrogens is 1. The molecule has 1 aliphatic heterocycles. The number of rotatable bonds is 6. The molecule has 0 unspecified atom stereocenters. The summed E-state index contributed by atoms with van der Waals surface area (Å²) in [5.41, 5.74) is 6.66. The van der Waals surface area contributed by atoms with Gasteiger partial charge in [-0.25, -0.2) is 9.78 Å². The normalized spacial score (nSPS) is 14.9. The zero-order valence-electron chi connectivity index (χ0n) is 15.8. The molecule has 29 heavy (non-hydrogen) atoms. The number of nitrogens with one attached hydrogen (secondary N) is 2. The average Bonchev–Trinajstić information content (AvgIpc) is 3.29. The number of likely N-dealkylation sites (N-methyl/N-ethyl adjacent to an activating group) is 1. The van der Waals surface area contributed by atoms with Gasteiger partial charge in [-0.05, 0) is 31.2 Å². The zero-order valence-corrected chi connectivity index (χ0v) is 15.8. The summed E-state index contributed by atoms with van der Waals surface area (Å²) in [6.45, 7) is 1.37. The maximum atomic E-state index is 12.0. The summed E-state index contributed by atoms with van der Waals surface area (Å²) in [7, 11) is 1.42. The van der Waals surface area contributed by atoms with E-state index in [1.165, 1.54) is 18.2 Å². The van der Waals surface area contributed by atoms with Gasteiger partial charge in [-0.1, -0.05) is 0 Å². The number of nitrogens with zero attached hydrogens (tertiary/aromatic N) is 3. The smallest absolute Gasteiger partial charge is 0.331 e. The van der Waals surface area contributed by atoms with Gasteiger partial charge in [-0.3, -0.25) is 24.2 Å². The minimum absolute atomic E-state index is 0.0280. The molecule has 152 valence electrons. The molecule has 1 saturated heterocycles. The molecule has 4 N–H and O–H groups in total. The summed E-state index contributed by atoms with van der Waals surface area (Å²) in [6.07, 6.45) is 1.17. The minimum atomic E-state index is -0.563. The van der Waals surface area contributed by atoms with Crippen LogP contribution in [0, 0.1) is 0 Å². The van der Waals surface area contributed by atoms with Crippen LogP contribution in [-0.4, -0.2) is 53.8 Å². The van der Waals surface area contributed by atoms with Gasteiger partial charge in [0.25, 0.3) is 5.91 Å². The predicted octanol–water partition coefficient (Wildman–Crippen LogP) is 0.461. The average molecular weight is 400 g/mol. The quantitative estimate of drug-likeness (QED) is 0.596. The lowest BCUT2D eigenvalue weighted by molar-refractivity contribution is -0.124. The van der Waals surface area contributed by atoms with Crippen LogP contribution in [0.5, 0.6) is 0 Å². The van der Waals surface area contributed by atoms with Gasteiger partial charge in [0.05, 0.1) is 12.6 Å². The molecule has 2 aromatic rings. The molecule has 0 aliphatic carbocycles. The van der Waals surface area contributed by atoms with Gasteiger partial charge in [0.2, 0.25) is 17.7 Å². The van der Waals surface area contributed by atoms with E-state index in [0.29, 0.717) is 11.4 Å². The van der Waals surface area contributed by atoms with Crippen LogP contribution in [0.4, 0.5) is 16.2 Å². The lowest BCUT2D eigenvalue weighted by Gasteiger charge is -2.15. The standard InChI is InChI=1S/C18H20N6O5/c1-10(19)17-22-13(9-29-17)16(27)20-7-14(25)21-11-3-5-12(6-4-11)24-8-15(26)23(2)18(24)28/h3-6,9-10H,7-8,19H2,1-2H3,(H,20,27)(H,21,25)/t10-/m0/s1. The Labute approximate surface area is 165 Å². The fraction of sp³-hybridized carbons (Fsp3) is 0.278. The summed E-state index contributed by atoms with van der Waals surface area (Å²) in [6, 6.07) is 5.56. The molecule has 0 saturated carbocycles. The number of oxazole rings is 1. The Morgan fingerprint density at radius 3 is 2.52 bits per heavy atom. The van der Waals surface area contributed by atoms with Gasteiger partial charge in [-0.2, -0.15) is 0 Å². The fourth-order valence-electron chi connectivity index (χ4n) is 2.58. The third-order valence-corrected chi connectivity index (χ3v) is 4.20. The monoisotopic (exact) mass is 400 g/mol. The number of carbonyl (C=O) groups is 4. The number of hydrogen-bond donors (Lipinski definition) is 3. The highest BCUT2D eigenvalue weighted by Crippen LogP contribution is 2.22. The van der Waals surface area contributed by atoms with E-state index in [0.717, 1.165) is 4.90 Å². The highest BCUT2D eigenvalue weighted by molar-refractivity contribution is 6.12. The Balaban J connectivity index is 1.52. The van der Waals surface area contributed by atoms with Crippen LogP contribution in [0.3, 0.4) is 0 Å². The van der Waals surface area contributed by atoms with Gasteiger partial charge >= 0.3 is 6.03 Å². The first kappa shape index (κ1) is 20.0. The van der Waals surface area contributed by atoms with Crippen molar-refractivity contribution in [3.63, 3.8) is 0 Å². The lowest BCUT2D eigenvalue weighted by atomic mass is 10.2. The van der Waals surface area contributed by atoms with E-state index in [4.69, 9.17) is 10.2 Å². The van der Waals surface area contributed by atoms with E-state index >= 15 is 0 Å². The van der Waals surface area contributed by atoms with Crippen LogP contribution in [0.2, 0.25) is 0 Å². The van der Waals surface area contributed by atoms with E-state index < -0.39 is 23.9 Å². The van der Waals surface area contributed by atoms with Crippen molar-refractivity contribution in [1.82, 2.24) is 15.2 Å². The fourth-order valence-corrected chi connectivity index (χ4v) is 2.58. The van der Waals surface area contributed by atoms with Crippen molar-refractivity contribution in [2.24, 2.45) is 5.73 Å². The van der Waals surface area contributed by atoms with Crippen molar-refractivity contribution >= 4 is 35.1 Å².